The van der Waals surface area contributed by atoms with Gasteiger partial charge in [-0.25, -0.2) is 4.98 Å². The molecular weight excluding hydrogens is 247 g/mol. The summed E-state index contributed by atoms with van der Waals surface area (Å²) in [6, 6.07) is 4.09. The van der Waals surface area contributed by atoms with Crippen molar-refractivity contribution in [2.45, 2.75) is 52.4 Å². The SMILES string of the molecule is Cc1ccc(N[P@@](=S)(C(C)C)C(C)(C)C)nc1. The van der Waals surface area contributed by atoms with Crippen molar-refractivity contribution >= 4 is 23.8 Å². The Bertz CT molecular complexity index is 418. The minimum atomic E-state index is -1.69. The molecule has 1 N–H and O–H groups in total. The number of pyridine rings is 1. The Morgan fingerprint density at radius 3 is 2.24 bits per heavy atom. The van der Waals surface area contributed by atoms with E-state index in [1.54, 1.807) is 0 Å². The molecule has 0 radical (unpaired) electrons. The van der Waals surface area contributed by atoms with Gasteiger partial charge in [0.2, 0.25) is 0 Å². The number of rotatable bonds is 3. The van der Waals surface area contributed by atoms with E-state index in [1.807, 2.05) is 19.2 Å². The van der Waals surface area contributed by atoms with Crippen molar-refractivity contribution in [1.82, 2.24) is 4.98 Å². The largest absolute Gasteiger partial charge is 0.341 e. The first-order valence-corrected chi connectivity index (χ1v) is 8.85. The van der Waals surface area contributed by atoms with E-state index in [4.69, 9.17) is 11.8 Å². The quantitative estimate of drug-likeness (QED) is 0.824. The minimum absolute atomic E-state index is 0.100. The number of hydrogen-bond acceptors (Lipinski definition) is 2. The number of aromatic nitrogens is 1. The molecule has 1 atom stereocenters. The summed E-state index contributed by atoms with van der Waals surface area (Å²) in [6.45, 7) is 13.1. The molecule has 96 valence electrons. The molecule has 0 aliphatic heterocycles. The van der Waals surface area contributed by atoms with E-state index in [0.717, 1.165) is 5.82 Å². The summed E-state index contributed by atoms with van der Waals surface area (Å²) in [5, 5.41) is 3.64. The summed E-state index contributed by atoms with van der Waals surface area (Å²) in [5.74, 6) is 0.905. The van der Waals surface area contributed by atoms with Gasteiger partial charge >= 0.3 is 0 Å². The van der Waals surface area contributed by atoms with Crippen LogP contribution in [0.25, 0.3) is 0 Å². The van der Waals surface area contributed by atoms with Gasteiger partial charge in [-0.2, -0.15) is 0 Å². The molecule has 0 aliphatic carbocycles. The minimum Gasteiger partial charge on any atom is -0.341 e. The van der Waals surface area contributed by atoms with E-state index in [1.165, 1.54) is 5.56 Å². The Kier molecular flexibility index (Phi) is 4.38. The average molecular weight is 270 g/mol. The van der Waals surface area contributed by atoms with Gasteiger partial charge in [-0.1, -0.05) is 52.5 Å². The summed E-state index contributed by atoms with van der Waals surface area (Å²) in [4.78, 5) is 4.41. The van der Waals surface area contributed by atoms with Crippen molar-refractivity contribution in [2.24, 2.45) is 0 Å². The third kappa shape index (κ3) is 3.29. The van der Waals surface area contributed by atoms with Crippen LogP contribution >= 0.6 is 6.19 Å². The van der Waals surface area contributed by atoms with Gasteiger partial charge in [-0.15, -0.1) is 0 Å². The molecular formula is C13H23N2PS. The van der Waals surface area contributed by atoms with Gasteiger partial charge in [-0.3, -0.25) is 0 Å². The van der Waals surface area contributed by atoms with Gasteiger partial charge < -0.3 is 5.09 Å². The van der Waals surface area contributed by atoms with E-state index >= 15 is 0 Å². The van der Waals surface area contributed by atoms with Crippen LogP contribution in [0, 0.1) is 6.92 Å². The standard InChI is InChI=1S/C13H23N2PS/c1-10(2)16(17,13(4,5)6)15-12-8-7-11(3)9-14-12/h7-10H,1-6H3,(H,14,15,17)/t16-/m1/s1. The zero-order chi connectivity index (χ0) is 13.3. The lowest BCUT2D eigenvalue weighted by atomic mass is 10.3. The molecule has 0 aliphatic rings. The molecule has 1 heterocycles. The summed E-state index contributed by atoms with van der Waals surface area (Å²) in [7, 11) is 0. The highest BCUT2D eigenvalue weighted by atomic mass is 32.4. The smallest absolute Gasteiger partial charge is 0.129 e. The molecule has 0 aromatic carbocycles. The van der Waals surface area contributed by atoms with Crippen molar-refractivity contribution in [3.8, 4) is 0 Å². The van der Waals surface area contributed by atoms with E-state index in [-0.39, 0.29) is 5.16 Å². The lowest BCUT2D eigenvalue weighted by Gasteiger charge is -2.39. The van der Waals surface area contributed by atoms with Gasteiger partial charge in [0.15, 0.2) is 0 Å². The number of nitrogens with zero attached hydrogens (tertiary/aromatic N) is 1. The predicted molar refractivity (Wildman–Crippen MR) is 81.8 cm³/mol. The number of anilines is 1. The van der Waals surface area contributed by atoms with Crippen molar-refractivity contribution in [3.05, 3.63) is 23.9 Å². The fraction of sp³-hybridized carbons (Fsp3) is 0.615. The molecule has 4 heteroatoms. The van der Waals surface area contributed by atoms with Crippen molar-refractivity contribution in [3.63, 3.8) is 0 Å². The third-order valence-electron chi connectivity index (χ3n) is 2.92. The highest BCUT2D eigenvalue weighted by Gasteiger charge is 2.34. The van der Waals surface area contributed by atoms with Crippen LogP contribution < -0.4 is 5.09 Å². The Morgan fingerprint density at radius 1 is 1.29 bits per heavy atom. The van der Waals surface area contributed by atoms with Crippen LogP contribution in [0.2, 0.25) is 0 Å². The molecule has 0 saturated carbocycles. The monoisotopic (exact) mass is 270 g/mol. The number of hydrogen-bond donors (Lipinski definition) is 1. The molecule has 0 spiro atoms. The van der Waals surface area contributed by atoms with Crippen LogP contribution in [-0.2, 0) is 11.8 Å². The van der Waals surface area contributed by atoms with Gasteiger partial charge in [0.25, 0.3) is 0 Å². The third-order valence-corrected chi connectivity index (χ3v) is 10.1. The van der Waals surface area contributed by atoms with E-state index < -0.39 is 6.19 Å². The molecule has 1 rings (SSSR count). The molecule has 1 aromatic rings. The molecule has 0 amide bonds. The first-order chi connectivity index (χ1) is 7.67. The number of aryl methyl sites for hydroxylation is 1. The second-order valence-electron chi connectivity index (χ2n) is 5.76. The lowest BCUT2D eigenvalue weighted by Crippen LogP contribution is -2.25. The maximum Gasteiger partial charge on any atom is 0.129 e. The molecule has 17 heavy (non-hydrogen) atoms. The van der Waals surface area contributed by atoms with Gasteiger partial charge in [0.05, 0.1) is 0 Å². The van der Waals surface area contributed by atoms with Gasteiger partial charge in [0, 0.05) is 17.5 Å². The zero-order valence-electron chi connectivity index (χ0n) is 11.6. The normalized spacial score (nSPS) is 15.7. The summed E-state index contributed by atoms with van der Waals surface area (Å²) in [6.07, 6.45) is 0.189. The van der Waals surface area contributed by atoms with Crippen molar-refractivity contribution in [1.29, 1.82) is 0 Å². The van der Waals surface area contributed by atoms with Crippen molar-refractivity contribution in [2.75, 3.05) is 5.09 Å². The Hall–Kier alpha value is -0.400. The van der Waals surface area contributed by atoms with E-state index in [0.29, 0.717) is 5.66 Å². The van der Waals surface area contributed by atoms with E-state index in [2.05, 4.69) is 50.8 Å². The molecule has 1 aromatic heterocycles. The Morgan fingerprint density at radius 2 is 1.88 bits per heavy atom. The molecule has 0 unspecified atom stereocenters. The highest BCUT2D eigenvalue weighted by molar-refractivity contribution is 8.16. The maximum atomic E-state index is 5.94. The number of nitrogens with one attached hydrogen (secondary N) is 1. The van der Waals surface area contributed by atoms with E-state index in [9.17, 15) is 0 Å². The molecule has 2 nitrogen and oxygen atoms in total. The maximum absolute atomic E-state index is 5.94. The zero-order valence-corrected chi connectivity index (χ0v) is 13.3. The van der Waals surface area contributed by atoms with Gasteiger partial charge in [0.1, 0.15) is 5.82 Å². The molecule has 0 fully saturated rings. The first kappa shape index (κ1) is 14.7. The average Bonchev–Trinajstić information content (AvgIpc) is 2.19. The molecule has 0 bridgehead atoms. The molecule has 0 saturated heterocycles. The van der Waals surface area contributed by atoms with Crippen LogP contribution in [0.15, 0.2) is 18.3 Å². The summed E-state index contributed by atoms with van der Waals surface area (Å²) >= 11 is 5.94. The summed E-state index contributed by atoms with van der Waals surface area (Å²) < 4.78 is 0. The van der Waals surface area contributed by atoms with Crippen LogP contribution in [0.1, 0.15) is 40.2 Å². The Labute approximate surface area is 110 Å². The van der Waals surface area contributed by atoms with Crippen LogP contribution in [-0.4, -0.2) is 15.8 Å². The lowest BCUT2D eigenvalue weighted by molar-refractivity contribution is 0.770. The van der Waals surface area contributed by atoms with Crippen molar-refractivity contribution < 1.29 is 0 Å². The topological polar surface area (TPSA) is 24.9 Å². The fourth-order valence-electron chi connectivity index (χ4n) is 1.78. The highest BCUT2D eigenvalue weighted by Crippen LogP contribution is 2.60. The van der Waals surface area contributed by atoms with Crippen LogP contribution in [0.4, 0.5) is 5.82 Å². The second kappa shape index (κ2) is 5.07. The first-order valence-electron chi connectivity index (χ1n) is 5.97. The van der Waals surface area contributed by atoms with Crippen LogP contribution in [0.5, 0.6) is 0 Å². The Balaban J connectivity index is 3.04. The fourth-order valence-corrected chi connectivity index (χ4v) is 4.67. The second-order valence-corrected chi connectivity index (χ2v) is 11.4. The predicted octanol–water partition coefficient (Wildman–Crippen LogP) is 4.40. The van der Waals surface area contributed by atoms with Crippen LogP contribution in [0.3, 0.4) is 0 Å². The van der Waals surface area contributed by atoms with Gasteiger partial charge in [-0.05, 0) is 24.2 Å². The summed E-state index contributed by atoms with van der Waals surface area (Å²) in [5.41, 5.74) is 1.63.